The van der Waals surface area contributed by atoms with Crippen molar-refractivity contribution in [1.29, 1.82) is 0 Å². The predicted molar refractivity (Wildman–Crippen MR) is 85.9 cm³/mol. The maximum atomic E-state index is 5.21. The number of hydrogen-bond donors (Lipinski definition) is 0. The fraction of sp³-hybridized carbons (Fsp3) is 0.176. The van der Waals surface area contributed by atoms with Gasteiger partial charge >= 0.3 is 0 Å². The second-order valence-electron chi connectivity index (χ2n) is 3.72. The van der Waals surface area contributed by atoms with Crippen molar-refractivity contribution in [2.75, 3.05) is 12.9 Å². The summed E-state index contributed by atoms with van der Waals surface area (Å²) in [5, 5.41) is 0. The van der Waals surface area contributed by atoms with Gasteiger partial charge < -0.3 is 4.74 Å². The van der Waals surface area contributed by atoms with Gasteiger partial charge in [-0.15, -0.1) is 11.8 Å². The standard InChI is InChI=1S/C9H10S.C8H10O/c1-3-8-4-6-9(10-2)7-5-8;1-2-9-8-6-4-3-5-7-8/h3-7H,1H2,2H3;3-7H,2H2,1H3. The molecule has 0 aliphatic carbocycles. The first-order chi connectivity index (χ1) is 9.30. The second-order valence-corrected chi connectivity index (χ2v) is 4.60. The zero-order chi connectivity index (χ0) is 13.9. The van der Waals surface area contributed by atoms with Gasteiger partial charge in [0.15, 0.2) is 0 Å². The largest absolute Gasteiger partial charge is 0.494 e. The lowest BCUT2D eigenvalue weighted by Gasteiger charge is -1.99. The van der Waals surface area contributed by atoms with E-state index >= 15 is 0 Å². The van der Waals surface area contributed by atoms with Crippen LogP contribution in [0.5, 0.6) is 5.75 Å². The summed E-state index contributed by atoms with van der Waals surface area (Å²) in [6, 6.07) is 18.1. The Morgan fingerprint density at radius 2 is 1.68 bits per heavy atom. The van der Waals surface area contributed by atoms with Crippen molar-refractivity contribution in [2.45, 2.75) is 11.8 Å². The number of thioether (sulfide) groups is 1. The SMILES string of the molecule is C=Cc1ccc(SC)cc1.CCOc1ccccc1. The number of benzene rings is 2. The topological polar surface area (TPSA) is 9.23 Å². The minimum Gasteiger partial charge on any atom is -0.494 e. The van der Waals surface area contributed by atoms with Crippen molar-refractivity contribution in [3.8, 4) is 5.75 Å². The maximum absolute atomic E-state index is 5.21. The van der Waals surface area contributed by atoms with E-state index < -0.39 is 0 Å². The Bertz CT molecular complexity index is 462. The lowest BCUT2D eigenvalue weighted by molar-refractivity contribution is 0.340. The van der Waals surface area contributed by atoms with Crippen LogP contribution in [0.2, 0.25) is 0 Å². The molecule has 0 unspecified atom stereocenters. The summed E-state index contributed by atoms with van der Waals surface area (Å²) in [7, 11) is 0. The van der Waals surface area contributed by atoms with Crippen LogP contribution in [0.25, 0.3) is 6.08 Å². The molecule has 0 radical (unpaired) electrons. The molecular weight excluding hydrogens is 252 g/mol. The van der Waals surface area contributed by atoms with Crippen LogP contribution in [0.15, 0.2) is 66.1 Å². The van der Waals surface area contributed by atoms with Gasteiger partial charge in [-0.3, -0.25) is 0 Å². The zero-order valence-corrected chi connectivity index (χ0v) is 12.3. The van der Waals surface area contributed by atoms with Crippen LogP contribution in [-0.2, 0) is 0 Å². The first kappa shape index (κ1) is 15.4. The molecule has 0 spiro atoms. The van der Waals surface area contributed by atoms with Gasteiger partial charge in [0.05, 0.1) is 6.61 Å². The molecule has 0 atom stereocenters. The highest BCUT2D eigenvalue weighted by Crippen LogP contribution is 2.14. The van der Waals surface area contributed by atoms with E-state index in [0.29, 0.717) is 0 Å². The Balaban J connectivity index is 0.000000191. The van der Waals surface area contributed by atoms with Crippen LogP contribution in [-0.4, -0.2) is 12.9 Å². The Kier molecular flexibility index (Phi) is 7.52. The molecule has 100 valence electrons. The van der Waals surface area contributed by atoms with Crippen LogP contribution >= 0.6 is 11.8 Å². The van der Waals surface area contributed by atoms with Gasteiger partial charge in [-0.25, -0.2) is 0 Å². The Morgan fingerprint density at radius 1 is 1.05 bits per heavy atom. The second kappa shape index (κ2) is 9.29. The van der Waals surface area contributed by atoms with E-state index in [1.165, 1.54) is 10.5 Å². The van der Waals surface area contributed by atoms with Gasteiger partial charge in [-0.2, -0.15) is 0 Å². The van der Waals surface area contributed by atoms with E-state index in [0.717, 1.165) is 12.4 Å². The van der Waals surface area contributed by atoms with Gasteiger partial charge in [-0.05, 0) is 43.0 Å². The molecule has 0 amide bonds. The minimum absolute atomic E-state index is 0.740. The van der Waals surface area contributed by atoms with Crippen molar-refractivity contribution >= 4 is 17.8 Å². The quantitative estimate of drug-likeness (QED) is 0.713. The number of ether oxygens (including phenoxy) is 1. The monoisotopic (exact) mass is 272 g/mol. The van der Waals surface area contributed by atoms with Crippen LogP contribution in [0.3, 0.4) is 0 Å². The van der Waals surface area contributed by atoms with E-state index in [9.17, 15) is 0 Å². The lowest BCUT2D eigenvalue weighted by Crippen LogP contribution is -1.89. The van der Waals surface area contributed by atoms with Crippen molar-refractivity contribution in [2.24, 2.45) is 0 Å². The summed E-state index contributed by atoms with van der Waals surface area (Å²) in [6.07, 6.45) is 3.92. The van der Waals surface area contributed by atoms with E-state index in [1.807, 2.05) is 43.3 Å². The highest BCUT2D eigenvalue weighted by atomic mass is 32.2. The van der Waals surface area contributed by atoms with Crippen molar-refractivity contribution in [3.63, 3.8) is 0 Å². The van der Waals surface area contributed by atoms with E-state index in [4.69, 9.17) is 4.74 Å². The fourth-order valence-electron chi connectivity index (χ4n) is 1.42. The first-order valence-corrected chi connectivity index (χ1v) is 7.47. The summed E-state index contributed by atoms with van der Waals surface area (Å²) < 4.78 is 5.21. The summed E-state index contributed by atoms with van der Waals surface area (Å²) in [4.78, 5) is 1.30. The summed E-state index contributed by atoms with van der Waals surface area (Å²) >= 11 is 1.75. The molecule has 0 fully saturated rings. The summed E-state index contributed by atoms with van der Waals surface area (Å²) in [6.45, 7) is 6.40. The Morgan fingerprint density at radius 3 is 2.16 bits per heavy atom. The molecule has 0 bridgehead atoms. The molecule has 2 rings (SSSR count). The van der Waals surface area contributed by atoms with Gasteiger partial charge in [0.2, 0.25) is 0 Å². The lowest BCUT2D eigenvalue weighted by atomic mass is 10.2. The van der Waals surface area contributed by atoms with Crippen LogP contribution in [0.1, 0.15) is 12.5 Å². The molecule has 0 aromatic heterocycles. The van der Waals surface area contributed by atoms with Gasteiger partial charge in [0.1, 0.15) is 5.75 Å². The molecule has 2 aromatic rings. The smallest absolute Gasteiger partial charge is 0.119 e. The van der Waals surface area contributed by atoms with Crippen LogP contribution in [0, 0.1) is 0 Å². The van der Waals surface area contributed by atoms with Crippen molar-refractivity contribution < 1.29 is 4.74 Å². The molecular formula is C17H20OS. The first-order valence-electron chi connectivity index (χ1n) is 6.24. The van der Waals surface area contributed by atoms with Crippen LogP contribution < -0.4 is 4.74 Å². The molecule has 0 saturated carbocycles. The summed E-state index contributed by atoms with van der Waals surface area (Å²) in [5.74, 6) is 0.944. The average molecular weight is 272 g/mol. The zero-order valence-electron chi connectivity index (χ0n) is 11.5. The van der Waals surface area contributed by atoms with Crippen LogP contribution in [0.4, 0.5) is 0 Å². The molecule has 0 N–H and O–H groups in total. The van der Waals surface area contributed by atoms with Gasteiger partial charge in [-0.1, -0.05) is 43.0 Å². The maximum Gasteiger partial charge on any atom is 0.119 e. The molecule has 2 heteroatoms. The number of hydrogen-bond acceptors (Lipinski definition) is 2. The van der Waals surface area contributed by atoms with E-state index in [-0.39, 0.29) is 0 Å². The van der Waals surface area contributed by atoms with Gasteiger partial charge in [0, 0.05) is 4.90 Å². The Hall–Kier alpha value is -1.67. The molecule has 0 aliphatic heterocycles. The highest BCUT2D eigenvalue weighted by Gasteiger charge is 1.87. The van der Waals surface area contributed by atoms with E-state index in [1.54, 1.807) is 11.8 Å². The third kappa shape index (κ3) is 6.16. The predicted octanol–water partition coefficient (Wildman–Crippen LogP) is 5.14. The highest BCUT2D eigenvalue weighted by molar-refractivity contribution is 7.98. The minimum atomic E-state index is 0.740. The van der Waals surface area contributed by atoms with Gasteiger partial charge in [0.25, 0.3) is 0 Å². The average Bonchev–Trinajstić information content (AvgIpc) is 2.49. The number of rotatable bonds is 4. The fourth-order valence-corrected chi connectivity index (χ4v) is 1.83. The summed E-state index contributed by atoms with van der Waals surface area (Å²) in [5.41, 5.74) is 1.18. The molecule has 2 aromatic carbocycles. The molecule has 0 heterocycles. The molecule has 0 aliphatic rings. The molecule has 19 heavy (non-hydrogen) atoms. The van der Waals surface area contributed by atoms with Crippen molar-refractivity contribution in [1.82, 2.24) is 0 Å². The van der Waals surface area contributed by atoms with Crippen molar-refractivity contribution in [3.05, 3.63) is 66.7 Å². The third-order valence-corrected chi connectivity index (χ3v) is 3.15. The molecule has 1 nitrogen and oxygen atoms in total. The Labute approximate surface area is 120 Å². The number of para-hydroxylation sites is 1. The normalized spacial score (nSPS) is 9.16. The van der Waals surface area contributed by atoms with E-state index in [2.05, 4.69) is 37.1 Å². The third-order valence-electron chi connectivity index (χ3n) is 2.41. The molecule has 0 saturated heterocycles.